The molecule has 1 aromatic rings. The summed E-state index contributed by atoms with van der Waals surface area (Å²) in [5.41, 5.74) is 0.680. The topological polar surface area (TPSA) is 70.2 Å². The Morgan fingerprint density at radius 3 is 2.14 bits per heavy atom. The van der Waals surface area contributed by atoms with Crippen molar-refractivity contribution in [1.29, 1.82) is 0 Å². The largest absolute Gasteiger partial charge is 0.497 e. The number of rotatable bonds is 4. The average molecular weight is 402 g/mol. The predicted octanol–water partition coefficient (Wildman–Crippen LogP) is 1.56. The number of methoxy groups -OCH3 is 1. The molecule has 2 aliphatic rings. The molecule has 0 radical (unpaired) electrons. The SMILES string of the molecule is COc1ccc(CC(=O)N2CCN(C(=O)C3CC(=O)N(C(C)(C)C)C3)CC2)cc1. The molecule has 2 aliphatic heterocycles. The lowest BCUT2D eigenvalue weighted by atomic mass is 10.1. The summed E-state index contributed by atoms with van der Waals surface area (Å²) < 4.78 is 5.14. The highest BCUT2D eigenvalue weighted by molar-refractivity contribution is 5.90. The van der Waals surface area contributed by atoms with Gasteiger partial charge in [-0.2, -0.15) is 0 Å². The summed E-state index contributed by atoms with van der Waals surface area (Å²) in [6.45, 7) is 8.56. The molecule has 1 unspecified atom stereocenters. The average Bonchev–Trinajstić information content (AvgIpc) is 3.10. The predicted molar refractivity (Wildman–Crippen MR) is 109 cm³/mol. The molecule has 0 aromatic heterocycles. The van der Waals surface area contributed by atoms with E-state index in [-0.39, 0.29) is 35.6 Å². The number of likely N-dealkylation sites (tertiary alicyclic amines) is 1. The van der Waals surface area contributed by atoms with Crippen molar-refractivity contribution in [2.24, 2.45) is 5.92 Å². The van der Waals surface area contributed by atoms with Crippen LogP contribution >= 0.6 is 0 Å². The van der Waals surface area contributed by atoms with E-state index in [1.807, 2.05) is 49.9 Å². The first-order valence-corrected chi connectivity index (χ1v) is 10.2. The summed E-state index contributed by atoms with van der Waals surface area (Å²) in [5, 5.41) is 0. The molecule has 1 aromatic carbocycles. The van der Waals surface area contributed by atoms with Crippen LogP contribution in [0.4, 0.5) is 0 Å². The van der Waals surface area contributed by atoms with Gasteiger partial charge in [0, 0.05) is 44.7 Å². The minimum Gasteiger partial charge on any atom is -0.497 e. The van der Waals surface area contributed by atoms with Gasteiger partial charge in [-0.3, -0.25) is 14.4 Å². The van der Waals surface area contributed by atoms with Crippen molar-refractivity contribution >= 4 is 17.7 Å². The Hall–Kier alpha value is -2.57. The Morgan fingerprint density at radius 2 is 1.62 bits per heavy atom. The summed E-state index contributed by atoms with van der Waals surface area (Å²) in [6, 6.07) is 7.50. The molecule has 0 spiro atoms. The number of benzene rings is 1. The van der Waals surface area contributed by atoms with Crippen LogP contribution in [0.1, 0.15) is 32.8 Å². The summed E-state index contributed by atoms with van der Waals surface area (Å²) in [7, 11) is 1.61. The maximum Gasteiger partial charge on any atom is 0.228 e. The van der Waals surface area contributed by atoms with Gasteiger partial charge in [-0.15, -0.1) is 0 Å². The van der Waals surface area contributed by atoms with E-state index in [4.69, 9.17) is 4.74 Å². The summed E-state index contributed by atoms with van der Waals surface area (Å²) >= 11 is 0. The van der Waals surface area contributed by atoms with Crippen LogP contribution < -0.4 is 4.74 Å². The zero-order valence-electron chi connectivity index (χ0n) is 17.8. The lowest BCUT2D eigenvalue weighted by molar-refractivity contribution is -0.141. The Labute approximate surface area is 172 Å². The molecule has 7 nitrogen and oxygen atoms in total. The molecule has 158 valence electrons. The molecule has 0 aliphatic carbocycles. The first-order valence-electron chi connectivity index (χ1n) is 10.2. The maximum absolute atomic E-state index is 12.9. The van der Waals surface area contributed by atoms with Crippen molar-refractivity contribution in [3.8, 4) is 5.75 Å². The fourth-order valence-corrected chi connectivity index (χ4v) is 3.99. The van der Waals surface area contributed by atoms with Gasteiger partial charge in [0.05, 0.1) is 19.4 Å². The van der Waals surface area contributed by atoms with Gasteiger partial charge in [-0.05, 0) is 38.5 Å². The third kappa shape index (κ3) is 4.89. The van der Waals surface area contributed by atoms with Crippen LogP contribution in [0.25, 0.3) is 0 Å². The second kappa shape index (κ2) is 8.43. The molecular weight excluding hydrogens is 370 g/mol. The van der Waals surface area contributed by atoms with Crippen molar-refractivity contribution < 1.29 is 19.1 Å². The molecule has 2 fully saturated rings. The van der Waals surface area contributed by atoms with Crippen LogP contribution in [0.15, 0.2) is 24.3 Å². The third-order valence-corrected chi connectivity index (χ3v) is 5.74. The van der Waals surface area contributed by atoms with Crippen molar-refractivity contribution in [3.63, 3.8) is 0 Å². The van der Waals surface area contributed by atoms with Gasteiger partial charge >= 0.3 is 0 Å². The number of piperazine rings is 1. The quantitative estimate of drug-likeness (QED) is 0.768. The second-order valence-electron chi connectivity index (χ2n) is 8.81. The van der Waals surface area contributed by atoms with Crippen LogP contribution in [0.2, 0.25) is 0 Å². The smallest absolute Gasteiger partial charge is 0.228 e. The molecule has 0 N–H and O–H groups in total. The van der Waals surface area contributed by atoms with Crippen LogP contribution in [0.5, 0.6) is 5.75 Å². The number of ether oxygens (including phenoxy) is 1. The Balaban J connectivity index is 1.50. The number of amides is 3. The molecule has 7 heteroatoms. The van der Waals surface area contributed by atoms with Crippen LogP contribution in [-0.4, -0.2) is 77.8 Å². The third-order valence-electron chi connectivity index (χ3n) is 5.74. The molecule has 2 saturated heterocycles. The van der Waals surface area contributed by atoms with E-state index in [1.54, 1.807) is 16.9 Å². The van der Waals surface area contributed by atoms with E-state index >= 15 is 0 Å². The highest BCUT2D eigenvalue weighted by atomic mass is 16.5. The normalized spacial score (nSPS) is 20.2. The number of carbonyl (C=O) groups excluding carboxylic acids is 3. The van der Waals surface area contributed by atoms with Crippen molar-refractivity contribution in [2.45, 2.75) is 39.2 Å². The Morgan fingerprint density at radius 1 is 1.03 bits per heavy atom. The monoisotopic (exact) mass is 401 g/mol. The van der Waals surface area contributed by atoms with Crippen molar-refractivity contribution in [2.75, 3.05) is 39.8 Å². The van der Waals surface area contributed by atoms with Crippen molar-refractivity contribution in [3.05, 3.63) is 29.8 Å². The minimum absolute atomic E-state index is 0.0346. The van der Waals surface area contributed by atoms with Gasteiger partial charge in [0.25, 0.3) is 0 Å². The van der Waals surface area contributed by atoms with Crippen LogP contribution in [0, 0.1) is 5.92 Å². The zero-order valence-corrected chi connectivity index (χ0v) is 17.8. The molecule has 3 amide bonds. The summed E-state index contributed by atoms with van der Waals surface area (Å²) in [5.74, 6) is 0.640. The van der Waals surface area contributed by atoms with Gasteiger partial charge in [-0.25, -0.2) is 0 Å². The van der Waals surface area contributed by atoms with Gasteiger partial charge in [-0.1, -0.05) is 12.1 Å². The maximum atomic E-state index is 12.9. The first kappa shape index (κ1) is 21.1. The lowest BCUT2D eigenvalue weighted by Gasteiger charge is -2.36. The van der Waals surface area contributed by atoms with Gasteiger partial charge in [0.1, 0.15) is 5.75 Å². The van der Waals surface area contributed by atoms with Crippen molar-refractivity contribution in [1.82, 2.24) is 14.7 Å². The first-order chi connectivity index (χ1) is 13.7. The molecule has 1 atom stereocenters. The highest BCUT2D eigenvalue weighted by Crippen LogP contribution is 2.27. The fourth-order valence-electron chi connectivity index (χ4n) is 3.99. The lowest BCUT2D eigenvalue weighted by Crippen LogP contribution is -2.52. The van der Waals surface area contributed by atoms with Gasteiger partial charge in [0.15, 0.2) is 0 Å². The Kier molecular flexibility index (Phi) is 6.15. The van der Waals surface area contributed by atoms with Gasteiger partial charge in [0.2, 0.25) is 17.7 Å². The van der Waals surface area contributed by atoms with Crippen LogP contribution in [0.3, 0.4) is 0 Å². The second-order valence-corrected chi connectivity index (χ2v) is 8.81. The number of hydrogen-bond acceptors (Lipinski definition) is 4. The minimum atomic E-state index is -0.275. The number of hydrogen-bond donors (Lipinski definition) is 0. The molecule has 0 bridgehead atoms. The molecule has 29 heavy (non-hydrogen) atoms. The molecule has 2 heterocycles. The number of nitrogens with zero attached hydrogens (tertiary/aromatic N) is 3. The van der Waals surface area contributed by atoms with E-state index < -0.39 is 0 Å². The Bertz CT molecular complexity index is 761. The fraction of sp³-hybridized carbons (Fsp3) is 0.591. The molecule has 0 saturated carbocycles. The van der Waals surface area contributed by atoms with E-state index in [1.165, 1.54) is 0 Å². The molecular formula is C22H31N3O4. The van der Waals surface area contributed by atoms with E-state index in [0.29, 0.717) is 39.1 Å². The number of carbonyl (C=O) groups is 3. The zero-order chi connectivity index (χ0) is 21.2. The van der Waals surface area contributed by atoms with E-state index in [0.717, 1.165) is 11.3 Å². The van der Waals surface area contributed by atoms with E-state index in [2.05, 4.69) is 0 Å². The summed E-state index contributed by atoms with van der Waals surface area (Å²) in [6.07, 6.45) is 0.627. The molecule has 3 rings (SSSR count). The van der Waals surface area contributed by atoms with Crippen LogP contribution in [-0.2, 0) is 20.8 Å². The summed E-state index contributed by atoms with van der Waals surface area (Å²) in [4.78, 5) is 43.2. The standard InChI is InChI=1S/C22H31N3O4/c1-22(2,3)25-15-17(14-20(25)27)21(28)24-11-9-23(10-12-24)19(26)13-16-5-7-18(29-4)8-6-16/h5-8,17H,9-15H2,1-4H3. The highest BCUT2D eigenvalue weighted by Gasteiger charge is 2.41. The van der Waals surface area contributed by atoms with E-state index in [9.17, 15) is 14.4 Å². The van der Waals surface area contributed by atoms with Gasteiger partial charge < -0.3 is 19.4 Å².